The molecule has 0 aliphatic carbocycles. The van der Waals surface area contributed by atoms with Crippen molar-refractivity contribution in [3.63, 3.8) is 0 Å². The van der Waals surface area contributed by atoms with Crippen molar-refractivity contribution in [2.45, 2.75) is 44.4 Å². The van der Waals surface area contributed by atoms with E-state index in [4.69, 9.17) is 0 Å². The van der Waals surface area contributed by atoms with Crippen molar-refractivity contribution in [1.82, 2.24) is 24.6 Å². The molecule has 2 amide bonds. The number of hydrogen-bond acceptors (Lipinski definition) is 7. The predicted molar refractivity (Wildman–Crippen MR) is 131 cm³/mol. The minimum atomic E-state index is -0.160. The van der Waals surface area contributed by atoms with Gasteiger partial charge in [0.05, 0.1) is 17.5 Å². The number of amides is 2. The van der Waals surface area contributed by atoms with Crippen molar-refractivity contribution in [2.75, 3.05) is 17.6 Å². The molecule has 3 heterocycles. The molecule has 33 heavy (non-hydrogen) atoms. The van der Waals surface area contributed by atoms with E-state index < -0.39 is 0 Å². The number of thioether (sulfide) groups is 1. The number of rotatable bonds is 8. The van der Waals surface area contributed by atoms with Gasteiger partial charge in [0.15, 0.2) is 16.1 Å². The Balaban J connectivity index is 1.50. The maximum Gasteiger partial charge on any atom is 0.254 e. The Kier molecular flexibility index (Phi) is 7.24. The topological polar surface area (TPSA) is 93.0 Å². The van der Waals surface area contributed by atoms with Crippen LogP contribution >= 0.6 is 23.1 Å². The normalized spacial score (nSPS) is 15.6. The lowest BCUT2D eigenvalue weighted by molar-refractivity contribution is -0.113. The molecule has 0 radical (unpaired) electrons. The Bertz CT molecular complexity index is 1170. The van der Waals surface area contributed by atoms with Crippen LogP contribution in [-0.2, 0) is 11.3 Å². The molecule has 10 heteroatoms. The highest BCUT2D eigenvalue weighted by atomic mass is 32.2. The highest BCUT2D eigenvalue weighted by Gasteiger charge is 2.34. The summed E-state index contributed by atoms with van der Waals surface area (Å²) in [7, 11) is 0. The molecule has 1 atom stereocenters. The smallest absolute Gasteiger partial charge is 0.254 e. The second kappa shape index (κ2) is 10.3. The Labute approximate surface area is 201 Å². The number of benzene rings is 1. The van der Waals surface area contributed by atoms with E-state index in [1.54, 1.807) is 6.08 Å². The van der Waals surface area contributed by atoms with Crippen LogP contribution in [-0.4, -0.2) is 48.8 Å². The number of carbonyl (C=O) groups is 2. The summed E-state index contributed by atoms with van der Waals surface area (Å²) >= 11 is 2.71. The first-order valence-electron chi connectivity index (χ1n) is 10.7. The molecule has 1 saturated heterocycles. The quantitative estimate of drug-likeness (QED) is 0.381. The Hall–Kier alpha value is -2.98. The van der Waals surface area contributed by atoms with Gasteiger partial charge in [0.2, 0.25) is 5.91 Å². The fraction of sp³-hybridized carbons (Fsp3) is 0.348. The van der Waals surface area contributed by atoms with E-state index in [1.165, 1.54) is 23.1 Å². The van der Waals surface area contributed by atoms with Crippen LogP contribution in [0.25, 0.3) is 0 Å². The number of carbonyl (C=O) groups excluding carboxylic acids is 2. The number of nitrogens with one attached hydrogen (secondary N) is 1. The van der Waals surface area contributed by atoms with E-state index in [-0.39, 0.29) is 23.6 Å². The summed E-state index contributed by atoms with van der Waals surface area (Å²) in [5.74, 6) is 0.763. The number of hydrogen-bond donors (Lipinski definition) is 1. The largest absolute Gasteiger partial charge is 0.328 e. The molecule has 2 aromatic heterocycles. The summed E-state index contributed by atoms with van der Waals surface area (Å²) in [5.41, 5.74) is 2.61. The van der Waals surface area contributed by atoms with Crippen molar-refractivity contribution < 1.29 is 9.59 Å². The average molecular weight is 483 g/mol. The van der Waals surface area contributed by atoms with Gasteiger partial charge in [0, 0.05) is 24.0 Å². The van der Waals surface area contributed by atoms with Crippen LogP contribution in [0.2, 0.25) is 0 Å². The van der Waals surface area contributed by atoms with Gasteiger partial charge in [-0.3, -0.25) is 9.59 Å². The molecular weight excluding hydrogens is 456 g/mol. The van der Waals surface area contributed by atoms with Crippen LogP contribution in [0.3, 0.4) is 0 Å². The standard InChI is InChI=1S/C23H26N6O2S2/c1-4-10-29-20(18-9-6-11-28(18)21(31)17-8-5-7-15(2)12-17)26-27-23(29)33-14-19(30)25-22-24-16(3)13-32-22/h4-5,7-8,12-13,18H,1,6,9-11,14H2,2-3H3,(H,24,25,30). The van der Waals surface area contributed by atoms with E-state index in [1.807, 2.05) is 53.0 Å². The molecule has 0 bridgehead atoms. The van der Waals surface area contributed by atoms with Gasteiger partial charge in [-0.1, -0.05) is 35.5 Å². The van der Waals surface area contributed by atoms with Gasteiger partial charge < -0.3 is 14.8 Å². The molecule has 8 nitrogen and oxygen atoms in total. The average Bonchev–Trinajstić information content (AvgIpc) is 3.52. The number of anilines is 1. The third-order valence-electron chi connectivity index (χ3n) is 5.33. The summed E-state index contributed by atoms with van der Waals surface area (Å²) < 4.78 is 1.95. The van der Waals surface area contributed by atoms with Gasteiger partial charge in [-0.05, 0) is 38.8 Å². The van der Waals surface area contributed by atoms with Gasteiger partial charge in [0.25, 0.3) is 5.91 Å². The summed E-state index contributed by atoms with van der Waals surface area (Å²) in [5, 5.41) is 14.7. The molecule has 1 aliphatic rings. The fourth-order valence-corrected chi connectivity index (χ4v) is 5.33. The molecule has 0 spiro atoms. The lowest BCUT2D eigenvalue weighted by atomic mass is 10.1. The van der Waals surface area contributed by atoms with Gasteiger partial charge in [-0.25, -0.2) is 4.98 Å². The summed E-state index contributed by atoms with van der Waals surface area (Å²) in [6, 6.07) is 7.49. The first-order chi connectivity index (χ1) is 16.0. The van der Waals surface area contributed by atoms with Crippen LogP contribution in [0.4, 0.5) is 5.13 Å². The van der Waals surface area contributed by atoms with Gasteiger partial charge >= 0.3 is 0 Å². The molecule has 172 valence electrons. The first-order valence-corrected chi connectivity index (χ1v) is 12.6. The predicted octanol–water partition coefficient (Wildman–Crippen LogP) is 4.25. The van der Waals surface area contributed by atoms with Crippen molar-refractivity contribution in [3.05, 3.63) is 64.9 Å². The SMILES string of the molecule is C=CCn1c(SCC(=O)Nc2nc(C)cs2)nnc1C1CCCN1C(=O)c1cccc(C)c1. The van der Waals surface area contributed by atoms with Crippen molar-refractivity contribution >= 4 is 40.0 Å². The second-order valence-electron chi connectivity index (χ2n) is 7.90. The Morgan fingerprint density at radius 2 is 2.18 bits per heavy atom. The Morgan fingerprint density at radius 3 is 2.91 bits per heavy atom. The summed E-state index contributed by atoms with van der Waals surface area (Å²) in [4.78, 5) is 31.7. The highest BCUT2D eigenvalue weighted by Crippen LogP contribution is 2.34. The van der Waals surface area contributed by atoms with Gasteiger partial charge in [-0.15, -0.1) is 28.1 Å². The minimum absolute atomic E-state index is 0.00155. The molecule has 1 unspecified atom stereocenters. The third-order valence-corrected chi connectivity index (χ3v) is 7.17. The van der Waals surface area contributed by atoms with Gasteiger partial charge in [-0.2, -0.15) is 0 Å². The van der Waals surface area contributed by atoms with Crippen molar-refractivity contribution in [3.8, 4) is 0 Å². The van der Waals surface area contributed by atoms with Crippen LogP contribution in [0.5, 0.6) is 0 Å². The number of nitrogens with zero attached hydrogens (tertiary/aromatic N) is 5. The molecule has 1 aliphatic heterocycles. The molecule has 4 rings (SSSR count). The number of aryl methyl sites for hydroxylation is 2. The molecule has 1 aromatic carbocycles. The van der Waals surface area contributed by atoms with Crippen LogP contribution < -0.4 is 5.32 Å². The van der Waals surface area contributed by atoms with E-state index in [2.05, 4.69) is 27.1 Å². The van der Waals surface area contributed by atoms with Crippen LogP contribution in [0.15, 0.2) is 47.5 Å². The summed E-state index contributed by atoms with van der Waals surface area (Å²) in [6.45, 7) is 8.90. The highest BCUT2D eigenvalue weighted by molar-refractivity contribution is 7.99. The number of aromatic nitrogens is 4. The van der Waals surface area contributed by atoms with Crippen molar-refractivity contribution in [2.24, 2.45) is 0 Å². The van der Waals surface area contributed by atoms with Gasteiger partial charge in [0.1, 0.15) is 0 Å². The maximum absolute atomic E-state index is 13.2. The molecule has 0 saturated carbocycles. The van der Waals surface area contributed by atoms with E-state index in [9.17, 15) is 9.59 Å². The molecular formula is C23H26N6O2S2. The van der Waals surface area contributed by atoms with E-state index in [0.29, 0.717) is 28.9 Å². The van der Waals surface area contributed by atoms with E-state index >= 15 is 0 Å². The lowest BCUT2D eigenvalue weighted by Crippen LogP contribution is -2.32. The minimum Gasteiger partial charge on any atom is -0.328 e. The zero-order chi connectivity index (χ0) is 23.4. The summed E-state index contributed by atoms with van der Waals surface area (Å²) in [6.07, 6.45) is 3.50. The van der Waals surface area contributed by atoms with Crippen molar-refractivity contribution in [1.29, 1.82) is 0 Å². The van der Waals surface area contributed by atoms with Crippen LogP contribution in [0.1, 0.15) is 46.3 Å². The lowest BCUT2D eigenvalue weighted by Gasteiger charge is -2.25. The number of allylic oxidation sites excluding steroid dienone is 1. The molecule has 3 aromatic rings. The number of likely N-dealkylation sites (tertiary alicyclic amines) is 1. The monoisotopic (exact) mass is 482 g/mol. The molecule has 1 N–H and O–H groups in total. The van der Waals surface area contributed by atoms with Crippen LogP contribution in [0, 0.1) is 13.8 Å². The number of thiazole rings is 1. The first kappa shape index (κ1) is 23.2. The Morgan fingerprint density at radius 1 is 1.33 bits per heavy atom. The molecule has 1 fully saturated rings. The van der Waals surface area contributed by atoms with E-state index in [0.717, 1.165) is 29.9 Å². The zero-order valence-corrected chi connectivity index (χ0v) is 20.3. The zero-order valence-electron chi connectivity index (χ0n) is 18.7. The second-order valence-corrected chi connectivity index (χ2v) is 9.70. The third kappa shape index (κ3) is 5.33. The fourth-order valence-electron chi connectivity index (χ4n) is 3.87. The maximum atomic E-state index is 13.2.